The van der Waals surface area contributed by atoms with Gasteiger partial charge in [-0.2, -0.15) is 0 Å². The fourth-order valence-electron chi connectivity index (χ4n) is 1.74. The molecule has 1 unspecified atom stereocenters. The molecule has 1 rings (SSSR count). The normalized spacial score (nSPS) is 12.8. The lowest BCUT2D eigenvalue weighted by molar-refractivity contribution is -0.386. The number of benzene rings is 1. The van der Waals surface area contributed by atoms with E-state index in [-0.39, 0.29) is 11.6 Å². The fraction of sp³-hybridized carbons (Fsp3) is 0.500. The molecule has 3 nitrogen and oxygen atoms in total. The van der Waals surface area contributed by atoms with Gasteiger partial charge in [0.2, 0.25) is 0 Å². The van der Waals surface area contributed by atoms with Gasteiger partial charge in [0.1, 0.15) is 0 Å². The Balaban J connectivity index is 3.38. The quantitative estimate of drug-likeness (QED) is 0.578. The maximum Gasteiger partial charge on any atom is 0.276 e. The zero-order chi connectivity index (χ0) is 12.3. The standard InChI is InChI=1S/C12H16FNO2/c1-8(2)10-5-4-6-11(9(3)7-13)12(10)14(15)16/h4-6,8-9H,7H2,1-3H3. The van der Waals surface area contributed by atoms with Gasteiger partial charge in [-0.05, 0) is 5.92 Å². The van der Waals surface area contributed by atoms with Crippen LogP contribution in [0.15, 0.2) is 18.2 Å². The molecule has 0 aromatic heterocycles. The second-order valence-corrected chi connectivity index (χ2v) is 4.25. The Morgan fingerprint density at radius 3 is 2.31 bits per heavy atom. The van der Waals surface area contributed by atoms with Crippen LogP contribution in [0.1, 0.15) is 43.7 Å². The molecule has 0 amide bonds. The van der Waals surface area contributed by atoms with E-state index in [4.69, 9.17) is 0 Å². The Kier molecular flexibility index (Phi) is 3.99. The van der Waals surface area contributed by atoms with E-state index in [0.717, 1.165) is 0 Å². The summed E-state index contributed by atoms with van der Waals surface area (Å²) in [5.74, 6) is -0.369. The summed E-state index contributed by atoms with van der Waals surface area (Å²) in [6.45, 7) is 4.87. The predicted molar refractivity (Wildman–Crippen MR) is 61.6 cm³/mol. The maximum absolute atomic E-state index is 12.6. The largest absolute Gasteiger partial charge is 0.276 e. The van der Waals surface area contributed by atoms with E-state index in [1.54, 1.807) is 25.1 Å². The summed E-state index contributed by atoms with van der Waals surface area (Å²) in [5, 5.41) is 11.1. The van der Waals surface area contributed by atoms with Gasteiger partial charge in [-0.3, -0.25) is 14.5 Å². The van der Waals surface area contributed by atoms with Crippen LogP contribution < -0.4 is 0 Å². The highest BCUT2D eigenvalue weighted by atomic mass is 19.1. The molecule has 1 aromatic rings. The minimum atomic E-state index is -0.581. The third-order valence-electron chi connectivity index (χ3n) is 2.67. The van der Waals surface area contributed by atoms with Crippen molar-refractivity contribution in [3.63, 3.8) is 0 Å². The van der Waals surface area contributed by atoms with Crippen molar-refractivity contribution in [3.05, 3.63) is 39.4 Å². The molecular formula is C12H16FNO2. The Morgan fingerprint density at radius 2 is 1.88 bits per heavy atom. The van der Waals surface area contributed by atoms with Gasteiger partial charge < -0.3 is 0 Å². The van der Waals surface area contributed by atoms with Crippen molar-refractivity contribution in [2.45, 2.75) is 32.6 Å². The number of nitro groups is 1. The third kappa shape index (κ3) is 2.38. The molecule has 0 bridgehead atoms. The predicted octanol–water partition coefficient (Wildman–Crippen LogP) is 3.79. The molecule has 4 heteroatoms. The van der Waals surface area contributed by atoms with Crippen LogP contribution in [-0.4, -0.2) is 11.6 Å². The molecule has 1 aromatic carbocycles. The SMILES string of the molecule is CC(C)c1cccc(C(C)CF)c1[N+](=O)[O-]. The Hall–Kier alpha value is -1.45. The van der Waals surface area contributed by atoms with Crippen LogP contribution in [0.5, 0.6) is 0 Å². The minimum absolute atomic E-state index is 0.0622. The third-order valence-corrected chi connectivity index (χ3v) is 2.67. The monoisotopic (exact) mass is 225 g/mol. The second kappa shape index (κ2) is 5.05. The molecule has 16 heavy (non-hydrogen) atoms. The smallest absolute Gasteiger partial charge is 0.258 e. The zero-order valence-electron chi connectivity index (χ0n) is 9.74. The van der Waals surface area contributed by atoms with Crippen LogP contribution >= 0.6 is 0 Å². The highest BCUT2D eigenvalue weighted by Gasteiger charge is 2.24. The van der Waals surface area contributed by atoms with E-state index < -0.39 is 17.5 Å². The first kappa shape index (κ1) is 12.6. The first-order valence-electron chi connectivity index (χ1n) is 5.32. The van der Waals surface area contributed by atoms with Gasteiger partial charge >= 0.3 is 0 Å². The summed E-state index contributed by atoms with van der Waals surface area (Å²) in [6.07, 6.45) is 0. The first-order valence-corrected chi connectivity index (χ1v) is 5.32. The van der Waals surface area contributed by atoms with Gasteiger partial charge in [-0.25, -0.2) is 0 Å². The van der Waals surface area contributed by atoms with E-state index in [0.29, 0.717) is 11.1 Å². The molecule has 0 aliphatic rings. The summed E-state index contributed by atoms with van der Waals surface area (Å²) < 4.78 is 12.6. The summed E-state index contributed by atoms with van der Waals surface area (Å²) >= 11 is 0. The maximum atomic E-state index is 12.6. The molecule has 0 saturated carbocycles. The summed E-state index contributed by atoms with van der Waals surface area (Å²) in [5.41, 5.74) is 1.23. The van der Waals surface area contributed by atoms with Crippen molar-refractivity contribution in [2.24, 2.45) is 0 Å². The number of hydrogen-bond acceptors (Lipinski definition) is 2. The van der Waals surface area contributed by atoms with Crippen LogP contribution in [0.4, 0.5) is 10.1 Å². The van der Waals surface area contributed by atoms with Gasteiger partial charge in [0.15, 0.2) is 0 Å². The van der Waals surface area contributed by atoms with E-state index in [2.05, 4.69) is 0 Å². The van der Waals surface area contributed by atoms with E-state index in [1.807, 2.05) is 13.8 Å². The molecule has 88 valence electrons. The summed E-state index contributed by atoms with van der Waals surface area (Å²) in [6, 6.07) is 5.12. The van der Waals surface area contributed by atoms with Crippen molar-refractivity contribution in [2.75, 3.05) is 6.67 Å². The molecular weight excluding hydrogens is 209 g/mol. The topological polar surface area (TPSA) is 43.1 Å². The van der Waals surface area contributed by atoms with Crippen LogP contribution in [-0.2, 0) is 0 Å². The number of alkyl halides is 1. The van der Waals surface area contributed by atoms with Gasteiger partial charge in [0.25, 0.3) is 5.69 Å². The Bertz CT molecular complexity index is 391. The number of halogens is 1. The molecule has 0 fully saturated rings. The lowest BCUT2D eigenvalue weighted by atomic mass is 9.93. The Morgan fingerprint density at radius 1 is 1.31 bits per heavy atom. The lowest BCUT2D eigenvalue weighted by Gasteiger charge is -2.13. The molecule has 0 aliphatic heterocycles. The van der Waals surface area contributed by atoms with Crippen LogP contribution in [0.2, 0.25) is 0 Å². The number of nitro benzene ring substituents is 1. The zero-order valence-corrected chi connectivity index (χ0v) is 9.74. The van der Waals surface area contributed by atoms with Gasteiger partial charge in [0.05, 0.1) is 11.6 Å². The Labute approximate surface area is 94.4 Å². The lowest BCUT2D eigenvalue weighted by Crippen LogP contribution is -2.05. The molecule has 1 atom stereocenters. The fourth-order valence-corrected chi connectivity index (χ4v) is 1.74. The van der Waals surface area contributed by atoms with Gasteiger partial charge in [0, 0.05) is 17.0 Å². The number of rotatable bonds is 4. The first-order chi connectivity index (χ1) is 7.49. The minimum Gasteiger partial charge on any atom is -0.258 e. The summed E-state index contributed by atoms with van der Waals surface area (Å²) in [4.78, 5) is 10.6. The number of nitrogens with zero attached hydrogens (tertiary/aromatic N) is 1. The molecule has 0 saturated heterocycles. The average Bonchev–Trinajstić information content (AvgIpc) is 2.26. The summed E-state index contributed by atoms with van der Waals surface area (Å²) in [7, 11) is 0. The van der Waals surface area contributed by atoms with Gasteiger partial charge in [-0.1, -0.05) is 39.0 Å². The number of hydrogen-bond donors (Lipinski definition) is 0. The second-order valence-electron chi connectivity index (χ2n) is 4.25. The molecule has 0 spiro atoms. The average molecular weight is 225 g/mol. The molecule has 0 heterocycles. The molecule has 0 N–H and O–H groups in total. The number of para-hydroxylation sites is 1. The van der Waals surface area contributed by atoms with Crippen LogP contribution in [0, 0.1) is 10.1 Å². The highest BCUT2D eigenvalue weighted by Crippen LogP contribution is 2.34. The molecule has 0 aliphatic carbocycles. The van der Waals surface area contributed by atoms with Crippen molar-refractivity contribution < 1.29 is 9.31 Å². The van der Waals surface area contributed by atoms with Crippen molar-refractivity contribution >= 4 is 5.69 Å². The van der Waals surface area contributed by atoms with E-state index >= 15 is 0 Å². The van der Waals surface area contributed by atoms with Gasteiger partial charge in [-0.15, -0.1) is 0 Å². The van der Waals surface area contributed by atoms with Crippen molar-refractivity contribution in [1.29, 1.82) is 0 Å². The van der Waals surface area contributed by atoms with Crippen LogP contribution in [0.25, 0.3) is 0 Å². The van der Waals surface area contributed by atoms with E-state index in [9.17, 15) is 14.5 Å². The highest BCUT2D eigenvalue weighted by molar-refractivity contribution is 5.50. The van der Waals surface area contributed by atoms with E-state index in [1.165, 1.54) is 0 Å². The van der Waals surface area contributed by atoms with Crippen molar-refractivity contribution in [3.8, 4) is 0 Å². The molecule has 0 radical (unpaired) electrons. The van der Waals surface area contributed by atoms with Crippen LogP contribution in [0.3, 0.4) is 0 Å². The van der Waals surface area contributed by atoms with Crippen molar-refractivity contribution in [1.82, 2.24) is 0 Å².